The number of carboxylic acid groups (broad SMARTS) is 1. The maximum atomic E-state index is 10.9. The molecular weight excluding hydrogens is 192 g/mol. The summed E-state index contributed by atoms with van der Waals surface area (Å²) in [6, 6.07) is 0.472. The first-order valence-electron chi connectivity index (χ1n) is 5.22. The fraction of sp³-hybridized carbons (Fsp3) is 0.636. The highest BCUT2D eigenvalue weighted by Crippen LogP contribution is 2.38. The topological polar surface area (TPSA) is 55.1 Å². The molecule has 1 aromatic heterocycles. The zero-order valence-corrected chi connectivity index (χ0v) is 9.32. The van der Waals surface area contributed by atoms with E-state index in [-0.39, 0.29) is 11.1 Å². The van der Waals surface area contributed by atoms with Gasteiger partial charge in [-0.1, -0.05) is 20.8 Å². The van der Waals surface area contributed by atoms with E-state index in [1.165, 1.54) is 0 Å². The molecular formula is C11H16N2O2. The van der Waals surface area contributed by atoms with Crippen molar-refractivity contribution in [1.82, 2.24) is 9.55 Å². The van der Waals surface area contributed by atoms with Crippen molar-refractivity contribution in [3.05, 3.63) is 17.7 Å². The minimum atomic E-state index is -0.945. The summed E-state index contributed by atoms with van der Waals surface area (Å²) < 4.78 is 2.03. The second-order valence-corrected chi connectivity index (χ2v) is 5.14. The van der Waals surface area contributed by atoms with Gasteiger partial charge >= 0.3 is 5.97 Å². The molecule has 15 heavy (non-hydrogen) atoms. The maximum Gasteiger partial charge on any atom is 0.356 e. The number of hydrogen-bond acceptors (Lipinski definition) is 2. The molecule has 0 atom stereocenters. The van der Waals surface area contributed by atoms with Gasteiger partial charge in [0.1, 0.15) is 5.82 Å². The van der Waals surface area contributed by atoms with Gasteiger partial charge in [-0.3, -0.25) is 0 Å². The van der Waals surface area contributed by atoms with Gasteiger partial charge in [-0.05, 0) is 12.8 Å². The zero-order chi connectivity index (χ0) is 11.2. The Bertz CT molecular complexity index is 397. The van der Waals surface area contributed by atoms with Gasteiger partial charge in [-0.2, -0.15) is 0 Å². The first-order valence-corrected chi connectivity index (χ1v) is 5.22. The van der Waals surface area contributed by atoms with E-state index in [0.717, 1.165) is 18.7 Å². The second-order valence-electron chi connectivity index (χ2n) is 5.14. The first-order chi connectivity index (χ1) is 6.89. The Hall–Kier alpha value is -1.32. The summed E-state index contributed by atoms with van der Waals surface area (Å²) in [4.78, 5) is 15.1. The normalized spacial score (nSPS) is 16.7. The molecule has 0 radical (unpaired) electrons. The van der Waals surface area contributed by atoms with Crippen LogP contribution >= 0.6 is 0 Å². The molecule has 0 amide bonds. The summed E-state index contributed by atoms with van der Waals surface area (Å²) in [6.45, 7) is 6.17. The molecule has 1 saturated carbocycles. The largest absolute Gasteiger partial charge is 0.476 e. The molecule has 0 spiro atoms. The minimum Gasteiger partial charge on any atom is -0.476 e. The van der Waals surface area contributed by atoms with Crippen LogP contribution in [0.1, 0.15) is 56.0 Å². The molecule has 0 saturated heterocycles. The van der Waals surface area contributed by atoms with Crippen LogP contribution in [-0.2, 0) is 5.41 Å². The molecule has 1 N–H and O–H groups in total. The molecule has 4 nitrogen and oxygen atoms in total. The van der Waals surface area contributed by atoms with Crippen molar-refractivity contribution < 1.29 is 9.90 Å². The maximum absolute atomic E-state index is 10.9. The third-order valence-corrected chi connectivity index (χ3v) is 2.56. The Kier molecular flexibility index (Phi) is 2.10. The molecule has 1 aliphatic carbocycles. The van der Waals surface area contributed by atoms with Gasteiger partial charge in [-0.15, -0.1) is 0 Å². The Morgan fingerprint density at radius 2 is 2.13 bits per heavy atom. The van der Waals surface area contributed by atoms with E-state index in [2.05, 4.69) is 25.8 Å². The lowest BCUT2D eigenvalue weighted by atomic mass is 9.95. The van der Waals surface area contributed by atoms with Crippen molar-refractivity contribution in [2.45, 2.75) is 45.1 Å². The van der Waals surface area contributed by atoms with Crippen molar-refractivity contribution >= 4 is 5.97 Å². The highest BCUT2D eigenvalue weighted by molar-refractivity contribution is 5.85. The molecule has 0 aliphatic heterocycles. The lowest BCUT2D eigenvalue weighted by molar-refractivity contribution is 0.0691. The van der Waals surface area contributed by atoms with E-state index in [4.69, 9.17) is 5.11 Å². The minimum absolute atomic E-state index is 0.101. The second kappa shape index (κ2) is 3.08. The van der Waals surface area contributed by atoms with Crippen LogP contribution in [0.25, 0.3) is 0 Å². The molecule has 1 fully saturated rings. The fourth-order valence-electron chi connectivity index (χ4n) is 1.68. The number of aromatic nitrogens is 2. The average molecular weight is 208 g/mol. The van der Waals surface area contributed by atoms with Crippen molar-refractivity contribution in [2.24, 2.45) is 0 Å². The molecule has 1 heterocycles. The summed E-state index contributed by atoms with van der Waals surface area (Å²) in [7, 11) is 0. The Labute approximate surface area is 88.9 Å². The number of hydrogen-bond donors (Lipinski definition) is 1. The van der Waals surface area contributed by atoms with Crippen molar-refractivity contribution in [3.8, 4) is 0 Å². The van der Waals surface area contributed by atoms with Gasteiger partial charge in [-0.25, -0.2) is 9.78 Å². The molecule has 82 valence electrons. The number of carboxylic acids is 1. The van der Waals surface area contributed by atoms with Gasteiger partial charge in [0.25, 0.3) is 0 Å². The van der Waals surface area contributed by atoms with Gasteiger partial charge in [0.15, 0.2) is 5.69 Å². The third kappa shape index (κ3) is 1.89. The van der Waals surface area contributed by atoms with E-state index in [1.807, 2.05) is 4.57 Å². The Morgan fingerprint density at radius 1 is 1.53 bits per heavy atom. The van der Waals surface area contributed by atoms with Crippen LogP contribution < -0.4 is 0 Å². The van der Waals surface area contributed by atoms with Crippen LogP contribution in [-0.4, -0.2) is 20.6 Å². The number of carbonyl (C=O) groups is 1. The Morgan fingerprint density at radius 3 is 2.53 bits per heavy atom. The van der Waals surface area contributed by atoms with Crippen LogP contribution in [0.2, 0.25) is 0 Å². The van der Waals surface area contributed by atoms with Crippen LogP contribution in [0.4, 0.5) is 0 Å². The van der Waals surface area contributed by atoms with E-state index in [0.29, 0.717) is 6.04 Å². The summed E-state index contributed by atoms with van der Waals surface area (Å²) in [5.41, 5.74) is 0.0582. The number of imidazole rings is 1. The van der Waals surface area contributed by atoms with Crippen LogP contribution in [0.15, 0.2) is 6.20 Å². The van der Waals surface area contributed by atoms with E-state index >= 15 is 0 Å². The summed E-state index contributed by atoms with van der Waals surface area (Å²) >= 11 is 0. The van der Waals surface area contributed by atoms with Crippen LogP contribution in [0, 0.1) is 0 Å². The zero-order valence-electron chi connectivity index (χ0n) is 9.32. The fourth-order valence-corrected chi connectivity index (χ4v) is 1.68. The van der Waals surface area contributed by atoms with Gasteiger partial charge < -0.3 is 9.67 Å². The molecule has 0 aromatic carbocycles. The molecule has 2 rings (SSSR count). The highest BCUT2D eigenvalue weighted by atomic mass is 16.4. The predicted molar refractivity (Wildman–Crippen MR) is 56.2 cm³/mol. The van der Waals surface area contributed by atoms with Gasteiger partial charge in [0.05, 0.1) is 0 Å². The van der Waals surface area contributed by atoms with Gasteiger partial charge in [0.2, 0.25) is 0 Å². The molecule has 0 bridgehead atoms. The third-order valence-electron chi connectivity index (χ3n) is 2.56. The van der Waals surface area contributed by atoms with Crippen molar-refractivity contribution in [2.75, 3.05) is 0 Å². The number of nitrogens with zero attached hydrogens (tertiary/aromatic N) is 2. The Balaban J connectivity index is 2.46. The van der Waals surface area contributed by atoms with E-state index in [9.17, 15) is 4.79 Å². The lowest BCUT2D eigenvalue weighted by Gasteiger charge is -2.19. The SMILES string of the molecule is CC(C)(C)c1nc(C(=O)O)cn1C1CC1. The van der Waals surface area contributed by atoms with E-state index in [1.54, 1.807) is 6.20 Å². The average Bonchev–Trinajstić information content (AvgIpc) is 2.81. The molecule has 1 aliphatic rings. The molecule has 0 unspecified atom stereocenters. The molecule has 4 heteroatoms. The van der Waals surface area contributed by atoms with Gasteiger partial charge in [0, 0.05) is 17.7 Å². The van der Waals surface area contributed by atoms with E-state index < -0.39 is 5.97 Å². The first kappa shape index (κ1) is 10.2. The standard InChI is InChI=1S/C11H16N2O2/c1-11(2,3)10-12-8(9(14)15)6-13(10)7-4-5-7/h6-7H,4-5H2,1-3H3,(H,14,15). The summed E-state index contributed by atoms with van der Waals surface area (Å²) in [5, 5.41) is 8.91. The molecule has 1 aromatic rings. The highest BCUT2D eigenvalue weighted by Gasteiger charge is 2.31. The quantitative estimate of drug-likeness (QED) is 0.810. The summed E-state index contributed by atoms with van der Waals surface area (Å²) in [6.07, 6.45) is 3.94. The van der Waals surface area contributed by atoms with Crippen LogP contribution in [0.3, 0.4) is 0 Å². The van der Waals surface area contributed by atoms with Crippen molar-refractivity contribution in [1.29, 1.82) is 0 Å². The summed E-state index contributed by atoms with van der Waals surface area (Å²) in [5.74, 6) is -0.0673. The number of aromatic carboxylic acids is 1. The predicted octanol–water partition coefficient (Wildman–Crippen LogP) is 2.21. The lowest BCUT2D eigenvalue weighted by Crippen LogP contribution is -2.18. The van der Waals surface area contributed by atoms with Crippen molar-refractivity contribution in [3.63, 3.8) is 0 Å². The smallest absolute Gasteiger partial charge is 0.356 e. The monoisotopic (exact) mass is 208 g/mol. The number of rotatable bonds is 2. The van der Waals surface area contributed by atoms with Crippen LogP contribution in [0.5, 0.6) is 0 Å².